The number of carbonyl (C=O) groups is 1. The smallest absolute Gasteiger partial charge is 0.251 e. The van der Waals surface area contributed by atoms with Gasteiger partial charge in [-0.3, -0.25) is 14.2 Å². The van der Waals surface area contributed by atoms with Crippen molar-refractivity contribution in [1.82, 2.24) is 35.3 Å². The van der Waals surface area contributed by atoms with E-state index >= 15 is 0 Å². The van der Waals surface area contributed by atoms with E-state index in [0.717, 1.165) is 24.8 Å². The van der Waals surface area contributed by atoms with Crippen molar-refractivity contribution in [3.63, 3.8) is 0 Å². The van der Waals surface area contributed by atoms with Crippen LogP contribution >= 0.6 is 0 Å². The largest absolute Gasteiger partial charge is 0.487 e. The van der Waals surface area contributed by atoms with Gasteiger partial charge in [0, 0.05) is 32.3 Å². The summed E-state index contributed by atoms with van der Waals surface area (Å²) in [5, 5.41) is 18.6. The van der Waals surface area contributed by atoms with Crippen LogP contribution in [0.25, 0.3) is 0 Å². The standard InChI is InChI=1S/C20H27N7O3/c1-5-6-7-17-18(29-12-15-10-26(3)24-22-15)8-14(20(28)21-2)9-19(17)30-13-16-11-27(4)25-23-16/h8-11H,5-7,12-13H2,1-4H3,(H,21,28). The van der Waals surface area contributed by atoms with Crippen molar-refractivity contribution in [2.24, 2.45) is 14.1 Å². The van der Waals surface area contributed by atoms with Crippen LogP contribution in [0.15, 0.2) is 24.5 Å². The number of amides is 1. The lowest BCUT2D eigenvalue weighted by Crippen LogP contribution is -2.18. The van der Waals surface area contributed by atoms with Gasteiger partial charge in [0.15, 0.2) is 0 Å². The second-order valence-electron chi connectivity index (χ2n) is 6.98. The molecule has 10 heteroatoms. The van der Waals surface area contributed by atoms with Crippen LogP contribution in [0.5, 0.6) is 11.5 Å². The van der Waals surface area contributed by atoms with Crippen molar-refractivity contribution in [3.05, 3.63) is 47.0 Å². The number of hydrogen-bond donors (Lipinski definition) is 1. The van der Waals surface area contributed by atoms with Gasteiger partial charge in [0.1, 0.15) is 36.1 Å². The Morgan fingerprint density at radius 1 is 1.00 bits per heavy atom. The van der Waals surface area contributed by atoms with E-state index in [4.69, 9.17) is 9.47 Å². The van der Waals surface area contributed by atoms with Gasteiger partial charge in [-0.2, -0.15) is 0 Å². The van der Waals surface area contributed by atoms with Gasteiger partial charge >= 0.3 is 0 Å². The van der Waals surface area contributed by atoms with Gasteiger partial charge in [-0.1, -0.05) is 23.8 Å². The number of aryl methyl sites for hydroxylation is 2. The summed E-state index contributed by atoms with van der Waals surface area (Å²) in [6.07, 6.45) is 6.32. The Morgan fingerprint density at radius 3 is 1.93 bits per heavy atom. The van der Waals surface area contributed by atoms with Crippen molar-refractivity contribution in [1.29, 1.82) is 0 Å². The van der Waals surface area contributed by atoms with E-state index in [-0.39, 0.29) is 19.1 Å². The summed E-state index contributed by atoms with van der Waals surface area (Å²) in [5.41, 5.74) is 2.77. The summed E-state index contributed by atoms with van der Waals surface area (Å²) in [5.74, 6) is 0.986. The molecule has 2 aromatic heterocycles. The number of nitrogens with zero attached hydrogens (tertiary/aromatic N) is 6. The first-order valence-electron chi connectivity index (χ1n) is 9.85. The maximum atomic E-state index is 12.3. The third-order valence-electron chi connectivity index (χ3n) is 4.49. The van der Waals surface area contributed by atoms with Gasteiger partial charge in [0.25, 0.3) is 5.91 Å². The van der Waals surface area contributed by atoms with E-state index in [1.165, 1.54) is 0 Å². The van der Waals surface area contributed by atoms with Gasteiger partial charge in [0.05, 0.1) is 12.4 Å². The molecule has 30 heavy (non-hydrogen) atoms. The van der Waals surface area contributed by atoms with Gasteiger partial charge in [-0.05, 0) is 25.0 Å². The van der Waals surface area contributed by atoms with E-state index in [2.05, 4.69) is 32.9 Å². The number of unbranched alkanes of at least 4 members (excludes halogenated alkanes) is 1. The van der Waals surface area contributed by atoms with Crippen molar-refractivity contribution < 1.29 is 14.3 Å². The van der Waals surface area contributed by atoms with Crippen molar-refractivity contribution in [2.45, 2.75) is 39.4 Å². The molecule has 0 saturated carbocycles. The summed E-state index contributed by atoms with van der Waals surface area (Å²) in [7, 11) is 5.19. The zero-order chi connectivity index (χ0) is 21.5. The first kappa shape index (κ1) is 21.3. The molecule has 0 unspecified atom stereocenters. The lowest BCUT2D eigenvalue weighted by atomic mass is 10.0. The van der Waals surface area contributed by atoms with Crippen LogP contribution in [0.4, 0.5) is 0 Å². The lowest BCUT2D eigenvalue weighted by Gasteiger charge is -2.17. The molecule has 0 radical (unpaired) electrons. The quantitative estimate of drug-likeness (QED) is 0.540. The molecule has 10 nitrogen and oxygen atoms in total. The number of aromatic nitrogens is 6. The molecule has 0 fully saturated rings. The fraction of sp³-hybridized carbons (Fsp3) is 0.450. The molecule has 0 saturated heterocycles. The number of ether oxygens (including phenoxy) is 2. The number of nitrogens with one attached hydrogen (secondary N) is 1. The molecule has 1 amide bonds. The molecule has 0 aliphatic heterocycles. The Balaban J connectivity index is 1.92. The summed E-state index contributed by atoms with van der Waals surface area (Å²) in [6.45, 7) is 2.61. The van der Waals surface area contributed by atoms with Crippen LogP contribution in [0, 0.1) is 0 Å². The molecule has 160 valence electrons. The number of carbonyl (C=O) groups excluding carboxylic acids is 1. The highest BCUT2D eigenvalue weighted by Gasteiger charge is 2.18. The van der Waals surface area contributed by atoms with Crippen molar-refractivity contribution >= 4 is 5.91 Å². The third kappa shape index (κ3) is 5.34. The van der Waals surface area contributed by atoms with Crippen LogP contribution < -0.4 is 14.8 Å². The van der Waals surface area contributed by atoms with Crippen molar-refractivity contribution in [2.75, 3.05) is 7.05 Å². The highest BCUT2D eigenvalue weighted by atomic mass is 16.5. The van der Waals surface area contributed by atoms with E-state index in [0.29, 0.717) is 28.5 Å². The monoisotopic (exact) mass is 413 g/mol. The maximum Gasteiger partial charge on any atom is 0.251 e. The molecule has 0 bridgehead atoms. The first-order valence-corrected chi connectivity index (χ1v) is 9.85. The second-order valence-corrected chi connectivity index (χ2v) is 6.98. The van der Waals surface area contributed by atoms with E-state index in [1.54, 1.807) is 55.0 Å². The molecule has 3 aromatic rings. The topological polar surface area (TPSA) is 109 Å². The lowest BCUT2D eigenvalue weighted by molar-refractivity contribution is 0.0962. The Hall–Kier alpha value is -3.43. The summed E-state index contributed by atoms with van der Waals surface area (Å²) in [4.78, 5) is 12.3. The normalized spacial score (nSPS) is 10.8. The molecule has 0 atom stereocenters. The van der Waals surface area contributed by atoms with Crippen LogP contribution in [0.1, 0.15) is 47.1 Å². The van der Waals surface area contributed by atoms with Crippen LogP contribution in [0.3, 0.4) is 0 Å². The molecule has 0 aliphatic carbocycles. The zero-order valence-electron chi connectivity index (χ0n) is 17.8. The summed E-state index contributed by atoms with van der Waals surface area (Å²) < 4.78 is 15.4. The summed E-state index contributed by atoms with van der Waals surface area (Å²) >= 11 is 0. The predicted molar refractivity (Wildman–Crippen MR) is 109 cm³/mol. The molecule has 0 spiro atoms. The van der Waals surface area contributed by atoms with E-state index in [1.807, 2.05) is 0 Å². The molecule has 0 aliphatic rings. The average Bonchev–Trinajstić information content (AvgIpc) is 3.36. The Bertz CT molecular complexity index is 931. The third-order valence-corrected chi connectivity index (χ3v) is 4.49. The zero-order valence-corrected chi connectivity index (χ0v) is 17.8. The fourth-order valence-electron chi connectivity index (χ4n) is 2.98. The number of hydrogen-bond acceptors (Lipinski definition) is 7. The minimum atomic E-state index is -0.217. The maximum absolute atomic E-state index is 12.3. The highest BCUT2D eigenvalue weighted by molar-refractivity contribution is 5.95. The highest BCUT2D eigenvalue weighted by Crippen LogP contribution is 2.33. The molecule has 3 rings (SSSR count). The van der Waals surface area contributed by atoms with Crippen LogP contribution in [-0.4, -0.2) is 42.9 Å². The Labute approximate surface area is 175 Å². The SMILES string of the molecule is CCCCc1c(OCc2cn(C)nn2)cc(C(=O)NC)cc1OCc1cn(C)nn1. The Morgan fingerprint density at radius 2 is 1.53 bits per heavy atom. The van der Waals surface area contributed by atoms with Gasteiger partial charge in [-0.25, -0.2) is 0 Å². The average molecular weight is 413 g/mol. The van der Waals surface area contributed by atoms with Gasteiger partial charge < -0.3 is 14.8 Å². The number of benzene rings is 1. The number of rotatable bonds is 10. The predicted octanol–water partition coefficient (Wildman–Crippen LogP) is 1.80. The molecule has 1 aromatic carbocycles. The molecule has 2 heterocycles. The minimum Gasteiger partial charge on any atom is -0.487 e. The second kappa shape index (κ2) is 9.86. The Kier molecular flexibility index (Phi) is 6.99. The van der Waals surface area contributed by atoms with Crippen molar-refractivity contribution in [3.8, 4) is 11.5 Å². The molecular formula is C20H27N7O3. The molecular weight excluding hydrogens is 386 g/mol. The van der Waals surface area contributed by atoms with Crippen LogP contribution in [0.2, 0.25) is 0 Å². The van der Waals surface area contributed by atoms with E-state index < -0.39 is 0 Å². The minimum absolute atomic E-state index is 0.217. The van der Waals surface area contributed by atoms with E-state index in [9.17, 15) is 4.79 Å². The van der Waals surface area contributed by atoms with Crippen LogP contribution in [-0.2, 0) is 33.7 Å². The van der Waals surface area contributed by atoms with Gasteiger partial charge in [-0.15, -0.1) is 10.2 Å². The first-order chi connectivity index (χ1) is 14.5. The van der Waals surface area contributed by atoms with Gasteiger partial charge in [0.2, 0.25) is 0 Å². The summed E-state index contributed by atoms with van der Waals surface area (Å²) in [6, 6.07) is 3.49. The fourth-order valence-corrected chi connectivity index (χ4v) is 2.98. The molecule has 1 N–H and O–H groups in total.